The van der Waals surface area contributed by atoms with Crippen LogP contribution in [0.5, 0.6) is 5.75 Å². The molecule has 1 aromatic rings. The first kappa shape index (κ1) is 20.9. The van der Waals surface area contributed by atoms with Crippen LogP contribution < -0.4 is 10.1 Å². The summed E-state index contributed by atoms with van der Waals surface area (Å²) in [6.07, 6.45) is 0. The number of aliphatic carboxylic acids is 1. The average molecular weight is 466 g/mol. The highest BCUT2D eigenvalue weighted by Gasteiger charge is 2.61. The smallest absolute Gasteiger partial charge is 0.346 e. The maximum Gasteiger partial charge on any atom is 0.346 e. The standard InChI is InChI=1S/C16H18BrClN2O5S/c1-15(2,26-17)16(18,14(23)24)20-8-11(13(20)22)19-12(21)9-25-10-6-4-3-5-7-10/h3-7,11H,8-9H2,1-2H3,(H,19,21)(H,23,24). The highest BCUT2D eigenvalue weighted by Crippen LogP contribution is 2.47. The number of β-lactam (4-membered cyclic amide) rings is 1. The highest BCUT2D eigenvalue weighted by molar-refractivity contribution is 9.50. The van der Waals surface area contributed by atoms with E-state index < -0.39 is 33.6 Å². The van der Waals surface area contributed by atoms with Crippen LogP contribution in [-0.4, -0.2) is 56.7 Å². The van der Waals surface area contributed by atoms with Crippen LogP contribution in [0.3, 0.4) is 0 Å². The predicted molar refractivity (Wildman–Crippen MR) is 102 cm³/mol. The van der Waals surface area contributed by atoms with Crippen molar-refractivity contribution in [2.75, 3.05) is 13.2 Å². The van der Waals surface area contributed by atoms with Crippen molar-refractivity contribution in [1.29, 1.82) is 0 Å². The minimum Gasteiger partial charge on any atom is -0.484 e. The molecular weight excluding hydrogens is 448 g/mol. The number of rotatable bonds is 8. The molecule has 2 N–H and O–H groups in total. The molecule has 0 aromatic heterocycles. The monoisotopic (exact) mass is 464 g/mol. The molecule has 0 aliphatic carbocycles. The second kappa shape index (κ2) is 8.06. The van der Waals surface area contributed by atoms with E-state index in [-0.39, 0.29) is 13.2 Å². The van der Waals surface area contributed by atoms with E-state index in [9.17, 15) is 19.5 Å². The Kier molecular flexibility index (Phi) is 6.46. The molecule has 1 aliphatic heterocycles. The lowest BCUT2D eigenvalue weighted by Crippen LogP contribution is -2.75. The zero-order valence-corrected chi connectivity index (χ0v) is 17.2. The van der Waals surface area contributed by atoms with E-state index in [1.165, 1.54) is 0 Å². The van der Waals surface area contributed by atoms with Crippen molar-refractivity contribution < 1.29 is 24.2 Å². The largest absolute Gasteiger partial charge is 0.484 e. The number of ether oxygens (including phenoxy) is 1. The molecule has 1 aliphatic rings. The van der Waals surface area contributed by atoms with Crippen LogP contribution in [0.25, 0.3) is 0 Å². The SMILES string of the molecule is CC(C)(SBr)C(Cl)(C(=O)O)N1CC(NC(=O)COc2ccccc2)C1=O. The van der Waals surface area contributed by atoms with E-state index in [2.05, 4.69) is 20.1 Å². The van der Waals surface area contributed by atoms with Crippen molar-refractivity contribution in [2.45, 2.75) is 29.6 Å². The maximum atomic E-state index is 12.4. The molecule has 0 radical (unpaired) electrons. The molecule has 1 aromatic carbocycles. The number of alkyl halides is 1. The Morgan fingerprint density at radius 1 is 1.42 bits per heavy atom. The number of hydrogen-bond acceptors (Lipinski definition) is 5. The molecule has 1 heterocycles. The van der Waals surface area contributed by atoms with E-state index in [1.54, 1.807) is 38.1 Å². The van der Waals surface area contributed by atoms with Crippen LogP contribution in [0.4, 0.5) is 0 Å². The summed E-state index contributed by atoms with van der Waals surface area (Å²) < 4.78 is 4.30. The molecule has 2 rings (SSSR count). The normalized spacial score (nSPS) is 19.3. The third-order valence-electron chi connectivity index (χ3n) is 4.02. The number of carbonyl (C=O) groups is 3. The molecule has 1 saturated heterocycles. The molecule has 26 heavy (non-hydrogen) atoms. The fourth-order valence-electron chi connectivity index (χ4n) is 2.46. The van der Waals surface area contributed by atoms with Crippen LogP contribution in [-0.2, 0) is 14.4 Å². The molecule has 142 valence electrons. The van der Waals surface area contributed by atoms with E-state index in [4.69, 9.17) is 16.3 Å². The van der Waals surface area contributed by atoms with Crippen molar-refractivity contribution in [1.82, 2.24) is 10.2 Å². The zero-order chi connectivity index (χ0) is 19.5. The second-order valence-corrected chi connectivity index (χ2v) is 8.88. The molecule has 1 fully saturated rings. The molecule has 0 bridgehead atoms. The van der Waals surface area contributed by atoms with Gasteiger partial charge in [0, 0.05) is 0 Å². The molecule has 10 heteroatoms. The molecule has 0 saturated carbocycles. The molecule has 0 spiro atoms. The Hall–Kier alpha value is -1.45. The van der Waals surface area contributed by atoms with Crippen LogP contribution in [0, 0.1) is 0 Å². The van der Waals surface area contributed by atoms with Crippen LogP contribution in [0.1, 0.15) is 13.8 Å². The van der Waals surface area contributed by atoms with E-state index in [1.807, 2.05) is 6.07 Å². The van der Waals surface area contributed by atoms with Gasteiger partial charge in [-0.05, 0) is 40.8 Å². The lowest BCUT2D eigenvalue weighted by atomic mass is 9.94. The number of likely N-dealkylation sites (tertiary alicyclic amines) is 1. The summed E-state index contributed by atoms with van der Waals surface area (Å²) in [5.41, 5.74) is 0. The Bertz CT molecular complexity index is 705. The van der Waals surface area contributed by atoms with E-state index in [0.717, 1.165) is 15.1 Å². The number of carboxylic acids is 1. The van der Waals surface area contributed by atoms with Gasteiger partial charge in [0.1, 0.15) is 11.8 Å². The van der Waals surface area contributed by atoms with Crippen molar-refractivity contribution in [3.8, 4) is 5.75 Å². The Labute approximate surface area is 167 Å². The highest BCUT2D eigenvalue weighted by atomic mass is 79.9. The number of halogens is 2. The van der Waals surface area contributed by atoms with Crippen molar-refractivity contribution in [3.63, 3.8) is 0 Å². The van der Waals surface area contributed by atoms with Crippen LogP contribution in [0.2, 0.25) is 0 Å². The summed E-state index contributed by atoms with van der Waals surface area (Å²) in [5, 5.41) is 12.1. The first-order chi connectivity index (χ1) is 12.1. The van der Waals surface area contributed by atoms with Gasteiger partial charge in [-0.3, -0.25) is 9.59 Å². The summed E-state index contributed by atoms with van der Waals surface area (Å²) >= 11 is 9.48. The van der Waals surface area contributed by atoms with Gasteiger partial charge in [-0.2, -0.15) is 0 Å². The molecule has 7 nitrogen and oxygen atoms in total. The molecular formula is C16H18BrClN2O5S. The number of nitrogens with zero attached hydrogens (tertiary/aromatic N) is 1. The minimum atomic E-state index is -1.94. The van der Waals surface area contributed by atoms with Crippen molar-refractivity contribution >= 4 is 54.4 Å². The van der Waals surface area contributed by atoms with Crippen molar-refractivity contribution in [2.24, 2.45) is 0 Å². The first-order valence-electron chi connectivity index (χ1n) is 7.64. The summed E-state index contributed by atoms with van der Waals surface area (Å²) in [7, 11) is 1.06. The first-order valence-corrected chi connectivity index (χ1v) is 10.7. The van der Waals surface area contributed by atoms with Gasteiger partial charge in [0.25, 0.3) is 5.91 Å². The van der Waals surface area contributed by atoms with Gasteiger partial charge in [-0.1, -0.05) is 40.0 Å². The summed E-state index contributed by atoms with van der Waals surface area (Å²) in [5.74, 6) is -1.82. The van der Waals surface area contributed by atoms with Crippen LogP contribution in [0.15, 0.2) is 30.3 Å². The third-order valence-corrected chi connectivity index (χ3v) is 8.08. The number of nitrogens with one attached hydrogen (secondary N) is 1. The molecule has 2 atom stereocenters. The Morgan fingerprint density at radius 2 is 2.04 bits per heavy atom. The minimum absolute atomic E-state index is 0.00268. The number of benzene rings is 1. The number of amides is 2. The second-order valence-electron chi connectivity index (χ2n) is 6.19. The lowest BCUT2D eigenvalue weighted by Gasteiger charge is -2.51. The van der Waals surface area contributed by atoms with Crippen LogP contribution >= 0.6 is 36.6 Å². The fraction of sp³-hybridized carbons (Fsp3) is 0.438. The van der Waals surface area contributed by atoms with E-state index >= 15 is 0 Å². The average Bonchev–Trinajstić information content (AvgIpc) is 2.62. The van der Waals surface area contributed by atoms with E-state index in [0.29, 0.717) is 5.75 Å². The topological polar surface area (TPSA) is 95.9 Å². The number of para-hydroxylation sites is 1. The van der Waals surface area contributed by atoms with Gasteiger partial charge in [-0.15, -0.1) is 0 Å². The van der Waals surface area contributed by atoms with Gasteiger partial charge in [0.2, 0.25) is 10.9 Å². The molecule has 2 unspecified atom stereocenters. The summed E-state index contributed by atoms with van der Waals surface area (Å²) in [6, 6.07) is 7.96. The van der Waals surface area contributed by atoms with Crippen molar-refractivity contribution in [3.05, 3.63) is 30.3 Å². The quantitative estimate of drug-likeness (QED) is 0.347. The van der Waals surface area contributed by atoms with Gasteiger partial charge < -0.3 is 20.1 Å². The maximum absolute atomic E-state index is 12.4. The summed E-state index contributed by atoms with van der Waals surface area (Å²) in [6.45, 7) is 2.98. The van der Waals surface area contributed by atoms with Gasteiger partial charge in [0.15, 0.2) is 6.61 Å². The fourth-order valence-corrected chi connectivity index (χ4v) is 4.01. The summed E-state index contributed by atoms with van der Waals surface area (Å²) in [4.78, 5) is 35.2. The van der Waals surface area contributed by atoms with Gasteiger partial charge in [0.05, 0.1) is 11.3 Å². The number of carbonyl (C=O) groups excluding carboxylic acids is 2. The predicted octanol–water partition coefficient (Wildman–Crippen LogP) is 2.23. The number of carboxylic acid groups (broad SMARTS) is 1. The van der Waals surface area contributed by atoms with Gasteiger partial charge >= 0.3 is 5.97 Å². The zero-order valence-electron chi connectivity index (χ0n) is 14.1. The third kappa shape index (κ3) is 3.94. The number of hydrogen-bond donors (Lipinski definition) is 2. The molecule has 2 amide bonds. The Balaban J connectivity index is 1.95. The van der Waals surface area contributed by atoms with Gasteiger partial charge in [-0.25, -0.2) is 4.79 Å². The lowest BCUT2D eigenvalue weighted by molar-refractivity contribution is -0.164. The Morgan fingerprint density at radius 3 is 2.54 bits per heavy atom.